The number of carbonyl (C=O) groups excluding carboxylic acids is 1. The molecule has 2 aliphatic rings. The summed E-state index contributed by atoms with van der Waals surface area (Å²) >= 11 is 0. The molecule has 3 unspecified atom stereocenters. The zero-order chi connectivity index (χ0) is 10.4. The Hall–Kier alpha value is -1.09. The summed E-state index contributed by atoms with van der Waals surface area (Å²) in [5, 5.41) is 0. The number of ether oxygens (including phenoxy) is 1. The predicted molar refractivity (Wildman–Crippen MR) is 53.8 cm³/mol. The molecule has 0 saturated carbocycles. The highest BCUT2D eigenvalue weighted by molar-refractivity contribution is 5.99. The van der Waals surface area contributed by atoms with Gasteiger partial charge in [0, 0.05) is 0 Å². The molecular weight excluding hydrogens is 192 g/mol. The summed E-state index contributed by atoms with van der Waals surface area (Å²) in [5.74, 6) is 0.272. The summed E-state index contributed by atoms with van der Waals surface area (Å²) in [5.41, 5.74) is 1.67. The lowest BCUT2D eigenvalue weighted by Crippen LogP contribution is -2.25. The molecule has 2 saturated heterocycles. The van der Waals surface area contributed by atoms with E-state index in [1.165, 1.54) is 0 Å². The van der Waals surface area contributed by atoms with E-state index < -0.39 is 0 Å². The third-order valence-corrected chi connectivity index (χ3v) is 3.56. The molecule has 3 heterocycles. The fourth-order valence-electron chi connectivity index (χ4n) is 2.73. The molecule has 2 fully saturated rings. The highest BCUT2D eigenvalue weighted by Crippen LogP contribution is 2.40. The lowest BCUT2D eigenvalue weighted by molar-refractivity contribution is 0.0742. The van der Waals surface area contributed by atoms with E-state index in [1.54, 1.807) is 12.5 Å². The molecule has 3 atom stereocenters. The van der Waals surface area contributed by atoms with Crippen molar-refractivity contribution in [1.82, 2.24) is 0 Å². The van der Waals surface area contributed by atoms with E-state index in [1.807, 2.05) is 6.92 Å². The number of hydrogen-bond acceptors (Lipinski definition) is 3. The van der Waals surface area contributed by atoms with Gasteiger partial charge in [-0.25, -0.2) is 0 Å². The smallest absolute Gasteiger partial charge is 0.172 e. The van der Waals surface area contributed by atoms with Crippen LogP contribution < -0.4 is 0 Å². The van der Waals surface area contributed by atoms with Gasteiger partial charge in [0.15, 0.2) is 5.78 Å². The molecule has 2 bridgehead atoms. The third-order valence-electron chi connectivity index (χ3n) is 3.56. The zero-order valence-corrected chi connectivity index (χ0v) is 8.73. The van der Waals surface area contributed by atoms with E-state index in [0.29, 0.717) is 6.10 Å². The summed E-state index contributed by atoms with van der Waals surface area (Å²) < 4.78 is 10.7. The van der Waals surface area contributed by atoms with Gasteiger partial charge in [-0.1, -0.05) is 0 Å². The van der Waals surface area contributed by atoms with E-state index >= 15 is 0 Å². The summed E-state index contributed by atoms with van der Waals surface area (Å²) in [6, 6.07) is 0. The molecule has 1 aromatic rings. The second-order valence-corrected chi connectivity index (χ2v) is 4.55. The Balaban J connectivity index is 1.84. The van der Waals surface area contributed by atoms with Crippen LogP contribution in [0.1, 0.15) is 35.2 Å². The number of rotatable bonds is 2. The first-order valence-electron chi connectivity index (χ1n) is 5.48. The average Bonchev–Trinajstić information content (AvgIpc) is 2.91. The van der Waals surface area contributed by atoms with Gasteiger partial charge in [-0.2, -0.15) is 0 Å². The Morgan fingerprint density at radius 2 is 2.27 bits per heavy atom. The standard InChI is InChI=1S/C12H14O3/c1-7-5-14-6-10(7)12(13)9-4-8-2-3-11(9)15-8/h5-6,8-9,11H,2-4H2,1H3. The molecule has 0 spiro atoms. The molecule has 80 valence electrons. The fourth-order valence-corrected chi connectivity index (χ4v) is 2.73. The number of fused-ring (bicyclic) bond motifs is 2. The van der Waals surface area contributed by atoms with Crippen LogP contribution in [0.4, 0.5) is 0 Å². The lowest BCUT2D eigenvalue weighted by Gasteiger charge is -2.16. The molecule has 3 rings (SSSR count). The Kier molecular flexibility index (Phi) is 1.96. The number of furan rings is 1. The van der Waals surface area contributed by atoms with Gasteiger partial charge in [0.05, 0.1) is 30.0 Å². The molecule has 0 N–H and O–H groups in total. The zero-order valence-electron chi connectivity index (χ0n) is 8.73. The van der Waals surface area contributed by atoms with Crippen LogP contribution in [0, 0.1) is 12.8 Å². The van der Waals surface area contributed by atoms with Gasteiger partial charge in [-0.15, -0.1) is 0 Å². The second kappa shape index (κ2) is 3.20. The highest BCUT2D eigenvalue weighted by Gasteiger charge is 2.44. The Morgan fingerprint density at radius 1 is 1.40 bits per heavy atom. The average molecular weight is 206 g/mol. The van der Waals surface area contributed by atoms with Crippen LogP contribution in [0.15, 0.2) is 16.9 Å². The van der Waals surface area contributed by atoms with E-state index in [-0.39, 0.29) is 17.8 Å². The highest BCUT2D eigenvalue weighted by atomic mass is 16.5. The molecule has 0 aromatic carbocycles. The largest absolute Gasteiger partial charge is 0.472 e. The van der Waals surface area contributed by atoms with Crippen molar-refractivity contribution in [2.24, 2.45) is 5.92 Å². The van der Waals surface area contributed by atoms with Gasteiger partial charge in [-0.3, -0.25) is 4.79 Å². The summed E-state index contributed by atoms with van der Waals surface area (Å²) in [7, 11) is 0. The van der Waals surface area contributed by atoms with Crippen LogP contribution in [0.2, 0.25) is 0 Å². The minimum absolute atomic E-state index is 0.0695. The van der Waals surface area contributed by atoms with E-state index in [2.05, 4.69) is 0 Å². The SMILES string of the molecule is Cc1cocc1C(=O)C1CC2CCC1O2. The van der Waals surface area contributed by atoms with Crippen LogP contribution in [0.5, 0.6) is 0 Å². The maximum atomic E-state index is 12.2. The molecule has 3 nitrogen and oxygen atoms in total. The van der Waals surface area contributed by atoms with Crippen molar-refractivity contribution in [2.75, 3.05) is 0 Å². The molecule has 0 radical (unpaired) electrons. The maximum absolute atomic E-state index is 12.2. The fraction of sp³-hybridized carbons (Fsp3) is 0.583. The number of Topliss-reactive ketones (excluding diaryl/α,β-unsaturated/α-hetero) is 1. The first kappa shape index (κ1) is 9.16. The van der Waals surface area contributed by atoms with E-state index in [9.17, 15) is 4.79 Å². The van der Waals surface area contributed by atoms with Crippen LogP contribution in [-0.4, -0.2) is 18.0 Å². The van der Waals surface area contributed by atoms with Crippen LogP contribution in [0.25, 0.3) is 0 Å². The molecule has 1 aromatic heterocycles. The minimum Gasteiger partial charge on any atom is -0.472 e. The van der Waals surface area contributed by atoms with Crippen molar-refractivity contribution in [3.05, 3.63) is 23.7 Å². The van der Waals surface area contributed by atoms with Gasteiger partial charge < -0.3 is 9.15 Å². The van der Waals surface area contributed by atoms with Crippen molar-refractivity contribution in [3.8, 4) is 0 Å². The van der Waals surface area contributed by atoms with Crippen molar-refractivity contribution in [3.63, 3.8) is 0 Å². The van der Waals surface area contributed by atoms with Gasteiger partial charge in [0.25, 0.3) is 0 Å². The van der Waals surface area contributed by atoms with Gasteiger partial charge in [-0.05, 0) is 31.7 Å². The van der Waals surface area contributed by atoms with Crippen molar-refractivity contribution in [2.45, 2.75) is 38.4 Å². The number of hydrogen-bond donors (Lipinski definition) is 0. The monoisotopic (exact) mass is 206 g/mol. The summed E-state index contributed by atoms with van der Waals surface area (Å²) in [6.45, 7) is 1.91. The van der Waals surface area contributed by atoms with Crippen LogP contribution in [0.3, 0.4) is 0 Å². The maximum Gasteiger partial charge on any atom is 0.172 e. The lowest BCUT2D eigenvalue weighted by atomic mass is 9.84. The number of aryl methyl sites for hydroxylation is 1. The molecular formula is C12H14O3. The van der Waals surface area contributed by atoms with E-state index in [0.717, 1.165) is 30.4 Å². The second-order valence-electron chi connectivity index (χ2n) is 4.55. The molecule has 3 heteroatoms. The van der Waals surface area contributed by atoms with Crippen LogP contribution in [-0.2, 0) is 4.74 Å². The Labute approximate surface area is 88.4 Å². The van der Waals surface area contributed by atoms with Crippen LogP contribution >= 0.6 is 0 Å². The first-order chi connectivity index (χ1) is 7.25. The summed E-state index contributed by atoms with van der Waals surface area (Å²) in [6.07, 6.45) is 6.74. The molecule has 2 aliphatic heterocycles. The van der Waals surface area contributed by atoms with Crippen molar-refractivity contribution in [1.29, 1.82) is 0 Å². The molecule has 0 amide bonds. The normalized spacial score (nSPS) is 33.5. The van der Waals surface area contributed by atoms with Gasteiger partial charge in [0.2, 0.25) is 0 Å². The van der Waals surface area contributed by atoms with Crippen molar-refractivity contribution < 1.29 is 13.9 Å². The summed E-state index contributed by atoms with van der Waals surface area (Å²) in [4.78, 5) is 12.2. The third kappa shape index (κ3) is 1.34. The topological polar surface area (TPSA) is 39.4 Å². The molecule has 0 aliphatic carbocycles. The van der Waals surface area contributed by atoms with Crippen molar-refractivity contribution >= 4 is 5.78 Å². The minimum atomic E-state index is 0.0695. The van der Waals surface area contributed by atoms with Gasteiger partial charge in [0.1, 0.15) is 6.26 Å². The number of carbonyl (C=O) groups is 1. The Bertz CT molecular complexity index is 393. The Morgan fingerprint density at radius 3 is 2.80 bits per heavy atom. The number of ketones is 1. The predicted octanol–water partition coefficient (Wildman–Crippen LogP) is 2.34. The quantitative estimate of drug-likeness (QED) is 0.697. The van der Waals surface area contributed by atoms with Gasteiger partial charge >= 0.3 is 0 Å². The van der Waals surface area contributed by atoms with E-state index in [4.69, 9.17) is 9.15 Å². The molecule has 15 heavy (non-hydrogen) atoms. The first-order valence-corrected chi connectivity index (χ1v) is 5.48.